The number of likely N-dealkylation sites (N-methyl/N-ethyl adjacent to an activating group) is 1. The number of carbonyl (C=O) groups is 1. The molecule has 7 heteroatoms. The summed E-state index contributed by atoms with van der Waals surface area (Å²) in [6.45, 7) is 6.30. The van der Waals surface area contributed by atoms with Gasteiger partial charge >= 0.3 is 0 Å². The van der Waals surface area contributed by atoms with Gasteiger partial charge in [-0.2, -0.15) is 0 Å². The fourth-order valence-electron chi connectivity index (χ4n) is 2.65. The van der Waals surface area contributed by atoms with Crippen molar-refractivity contribution >= 4 is 17.4 Å². The van der Waals surface area contributed by atoms with Crippen molar-refractivity contribution in [2.45, 2.75) is 6.92 Å². The minimum atomic E-state index is -0.328. The zero-order valence-electron chi connectivity index (χ0n) is 13.6. The van der Waals surface area contributed by atoms with Crippen molar-refractivity contribution in [2.24, 2.45) is 0 Å². The third-order valence-electron chi connectivity index (χ3n) is 4.07. The van der Waals surface area contributed by atoms with Crippen LogP contribution in [0.1, 0.15) is 17.4 Å². The number of benzene rings is 1. The SMILES string of the molecule is CCN1CCN(C(=O)c2cnc(Nc3cccc(F)c3)cn2)CC1. The van der Waals surface area contributed by atoms with Crippen LogP contribution in [0.5, 0.6) is 0 Å². The Morgan fingerprint density at radius 1 is 1.21 bits per heavy atom. The number of amides is 1. The summed E-state index contributed by atoms with van der Waals surface area (Å²) >= 11 is 0. The summed E-state index contributed by atoms with van der Waals surface area (Å²) in [6.07, 6.45) is 2.94. The molecule has 0 atom stereocenters. The van der Waals surface area contributed by atoms with Gasteiger partial charge in [0.15, 0.2) is 0 Å². The quantitative estimate of drug-likeness (QED) is 0.931. The van der Waals surface area contributed by atoms with Crippen LogP contribution in [0.2, 0.25) is 0 Å². The Labute approximate surface area is 140 Å². The average molecular weight is 329 g/mol. The topological polar surface area (TPSA) is 61.4 Å². The smallest absolute Gasteiger partial charge is 0.274 e. The van der Waals surface area contributed by atoms with Crippen LogP contribution in [0, 0.1) is 5.82 Å². The molecule has 0 bridgehead atoms. The van der Waals surface area contributed by atoms with Crippen LogP contribution in [0.15, 0.2) is 36.7 Å². The van der Waals surface area contributed by atoms with E-state index in [9.17, 15) is 9.18 Å². The van der Waals surface area contributed by atoms with Crippen molar-refractivity contribution in [1.82, 2.24) is 19.8 Å². The molecule has 6 nitrogen and oxygen atoms in total. The molecule has 0 spiro atoms. The number of rotatable bonds is 4. The largest absolute Gasteiger partial charge is 0.339 e. The van der Waals surface area contributed by atoms with Gasteiger partial charge in [-0.3, -0.25) is 4.79 Å². The van der Waals surface area contributed by atoms with Gasteiger partial charge in [0.05, 0.1) is 12.4 Å². The third-order valence-corrected chi connectivity index (χ3v) is 4.07. The van der Waals surface area contributed by atoms with E-state index in [0.29, 0.717) is 30.3 Å². The second kappa shape index (κ2) is 7.35. The fourth-order valence-corrected chi connectivity index (χ4v) is 2.65. The van der Waals surface area contributed by atoms with E-state index in [-0.39, 0.29) is 11.7 Å². The predicted octanol–water partition coefficient (Wildman–Crippen LogP) is 2.14. The molecule has 0 aliphatic carbocycles. The van der Waals surface area contributed by atoms with E-state index in [1.165, 1.54) is 24.5 Å². The highest BCUT2D eigenvalue weighted by molar-refractivity contribution is 5.92. The van der Waals surface area contributed by atoms with E-state index in [0.717, 1.165) is 19.6 Å². The molecular weight excluding hydrogens is 309 g/mol. The first-order chi connectivity index (χ1) is 11.7. The number of hydrogen-bond donors (Lipinski definition) is 1. The highest BCUT2D eigenvalue weighted by Gasteiger charge is 2.22. The Balaban J connectivity index is 1.63. The number of nitrogens with zero attached hydrogens (tertiary/aromatic N) is 4. The lowest BCUT2D eigenvalue weighted by molar-refractivity contribution is 0.0637. The molecule has 1 aromatic carbocycles. The van der Waals surface area contributed by atoms with Crippen LogP contribution in [0.4, 0.5) is 15.9 Å². The van der Waals surface area contributed by atoms with Crippen LogP contribution in [-0.2, 0) is 0 Å². The zero-order valence-corrected chi connectivity index (χ0v) is 13.6. The second-order valence-corrected chi connectivity index (χ2v) is 5.65. The first-order valence-electron chi connectivity index (χ1n) is 8.02. The molecular formula is C17H20FN5O. The minimum Gasteiger partial charge on any atom is -0.339 e. The molecule has 2 heterocycles. The number of carbonyl (C=O) groups excluding carboxylic acids is 1. The van der Waals surface area contributed by atoms with E-state index in [1.807, 2.05) is 0 Å². The first-order valence-corrected chi connectivity index (χ1v) is 8.02. The molecule has 1 fully saturated rings. The number of anilines is 2. The van der Waals surface area contributed by atoms with E-state index < -0.39 is 0 Å². The molecule has 1 N–H and O–H groups in total. The Hall–Kier alpha value is -2.54. The van der Waals surface area contributed by atoms with Crippen molar-refractivity contribution in [2.75, 3.05) is 38.0 Å². The molecule has 1 amide bonds. The van der Waals surface area contributed by atoms with Crippen molar-refractivity contribution in [1.29, 1.82) is 0 Å². The molecule has 1 aliphatic rings. The maximum Gasteiger partial charge on any atom is 0.274 e. The molecule has 0 saturated carbocycles. The van der Waals surface area contributed by atoms with Crippen molar-refractivity contribution < 1.29 is 9.18 Å². The van der Waals surface area contributed by atoms with Crippen molar-refractivity contribution in [3.63, 3.8) is 0 Å². The monoisotopic (exact) mass is 329 g/mol. The molecule has 1 aromatic heterocycles. The summed E-state index contributed by atoms with van der Waals surface area (Å²) < 4.78 is 13.2. The van der Waals surface area contributed by atoms with E-state index >= 15 is 0 Å². The lowest BCUT2D eigenvalue weighted by Gasteiger charge is -2.33. The molecule has 126 valence electrons. The lowest BCUT2D eigenvalue weighted by Crippen LogP contribution is -2.48. The molecule has 24 heavy (non-hydrogen) atoms. The summed E-state index contributed by atoms with van der Waals surface area (Å²) in [5.41, 5.74) is 0.906. The average Bonchev–Trinajstić information content (AvgIpc) is 2.62. The number of hydrogen-bond acceptors (Lipinski definition) is 5. The summed E-state index contributed by atoms with van der Waals surface area (Å²) in [5.74, 6) is 0.0366. The molecule has 1 saturated heterocycles. The predicted molar refractivity (Wildman–Crippen MR) is 89.7 cm³/mol. The summed E-state index contributed by atoms with van der Waals surface area (Å²) in [4.78, 5) is 24.9. The lowest BCUT2D eigenvalue weighted by atomic mass is 10.3. The molecule has 0 radical (unpaired) electrons. The molecule has 2 aromatic rings. The Bertz CT molecular complexity index is 698. The van der Waals surface area contributed by atoms with Crippen LogP contribution in [0.25, 0.3) is 0 Å². The van der Waals surface area contributed by atoms with E-state index in [2.05, 4.69) is 27.1 Å². The maximum atomic E-state index is 13.2. The summed E-state index contributed by atoms with van der Waals surface area (Å²) in [6, 6.07) is 6.08. The Morgan fingerprint density at radius 3 is 2.62 bits per heavy atom. The number of aromatic nitrogens is 2. The van der Waals surface area contributed by atoms with Gasteiger partial charge in [0.2, 0.25) is 0 Å². The second-order valence-electron chi connectivity index (χ2n) is 5.65. The Morgan fingerprint density at radius 2 is 2.00 bits per heavy atom. The minimum absolute atomic E-state index is 0.101. The van der Waals surface area contributed by atoms with Gasteiger partial charge in [-0.05, 0) is 24.7 Å². The summed E-state index contributed by atoms with van der Waals surface area (Å²) in [7, 11) is 0. The van der Waals surface area contributed by atoms with Crippen LogP contribution >= 0.6 is 0 Å². The maximum absolute atomic E-state index is 13.2. The van der Waals surface area contributed by atoms with Gasteiger partial charge in [-0.1, -0.05) is 13.0 Å². The van der Waals surface area contributed by atoms with Gasteiger partial charge in [0.1, 0.15) is 17.3 Å². The zero-order chi connectivity index (χ0) is 16.9. The van der Waals surface area contributed by atoms with E-state index in [1.54, 1.807) is 17.0 Å². The Kier molecular flexibility index (Phi) is 5.00. The van der Waals surface area contributed by atoms with Gasteiger partial charge < -0.3 is 15.1 Å². The van der Waals surface area contributed by atoms with Gasteiger partial charge in [0, 0.05) is 31.9 Å². The normalized spacial score (nSPS) is 15.3. The van der Waals surface area contributed by atoms with Crippen LogP contribution in [0.3, 0.4) is 0 Å². The number of halogens is 1. The molecule has 0 unspecified atom stereocenters. The van der Waals surface area contributed by atoms with Gasteiger partial charge in [-0.15, -0.1) is 0 Å². The summed E-state index contributed by atoms with van der Waals surface area (Å²) in [5, 5.41) is 2.96. The van der Waals surface area contributed by atoms with Crippen LogP contribution in [-0.4, -0.2) is 58.4 Å². The third kappa shape index (κ3) is 3.86. The van der Waals surface area contributed by atoms with Gasteiger partial charge in [-0.25, -0.2) is 14.4 Å². The van der Waals surface area contributed by atoms with Crippen LogP contribution < -0.4 is 5.32 Å². The fraction of sp³-hybridized carbons (Fsp3) is 0.353. The molecule has 3 rings (SSSR count). The standard InChI is InChI=1S/C17H20FN5O/c1-2-22-6-8-23(9-7-22)17(24)15-11-20-16(12-19-15)21-14-5-3-4-13(18)10-14/h3-5,10-12H,2,6-9H2,1H3,(H,20,21). The highest BCUT2D eigenvalue weighted by Crippen LogP contribution is 2.15. The van der Waals surface area contributed by atoms with Crippen molar-refractivity contribution in [3.05, 3.63) is 48.2 Å². The molecule has 1 aliphatic heterocycles. The number of piperazine rings is 1. The first kappa shape index (κ1) is 16.3. The highest BCUT2D eigenvalue weighted by atomic mass is 19.1. The van der Waals surface area contributed by atoms with E-state index in [4.69, 9.17) is 0 Å². The van der Waals surface area contributed by atoms with Crippen molar-refractivity contribution in [3.8, 4) is 0 Å². The van der Waals surface area contributed by atoms with Gasteiger partial charge in [0.25, 0.3) is 5.91 Å². The number of nitrogens with one attached hydrogen (secondary N) is 1.